The Labute approximate surface area is 131 Å². The number of aryl methyl sites for hydroxylation is 1. The van der Waals surface area contributed by atoms with Gasteiger partial charge in [-0.05, 0) is 19.1 Å². The first-order chi connectivity index (χ1) is 10.9. The second kappa shape index (κ2) is 6.39. The molecule has 122 valence electrons. The number of rotatable bonds is 4. The van der Waals surface area contributed by atoms with Gasteiger partial charge >= 0.3 is 6.16 Å². The summed E-state index contributed by atoms with van der Waals surface area (Å²) in [6.45, 7) is 1.67. The van der Waals surface area contributed by atoms with E-state index in [1.807, 2.05) is 0 Å². The molecule has 2 rings (SSSR count). The number of primary amides is 1. The minimum absolute atomic E-state index is 0.0741. The number of fused-ring (bicyclic) bond motifs is 1. The maximum Gasteiger partial charge on any atom is 0.513 e. The van der Waals surface area contributed by atoms with Crippen molar-refractivity contribution in [3.63, 3.8) is 0 Å². The average Bonchev–Trinajstić information content (AvgIpc) is 2.51. The van der Waals surface area contributed by atoms with E-state index in [2.05, 4.69) is 0 Å². The molecular weight excluding hydrogens is 304 g/mol. The maximum atomic E-state index is 12.4. The maximum absolute atomic E-state index is 12.4. The second-order valence-corrected chi connectivity index (χ2v) is 4.57. The number of ether oxygens (including phenoxy) is 3. The number of pyridine rings is 1. The van der Waals surface area contributed by atoms with Gasteiger partial charge in [-0.2, -0.15) is 0 Å². The van der Waals surface area contributed by atoms with Crippen LogP contribution in [0.3, 0.4) is 0 Å². The van der Waals surface area contributed by atoms with Crippen LogP contribution < -0.4 is 20.8 Å². The number of aromatic nitrogens is 1. The zero-order chi connectivity index (χ0) is 17.1. The summed E-state index contributed by atoms with van der Waals surface area (Å²) >= 11 is 0. The zero-order valence-corrected chi connectivity index (χ0v) is 12.9. The molecule has 0 aliphatic carbocycles. The highest BCUT2D eigenvalue weighted by atomic mass is 16.7. The highest BCUT2D eigenvalue weighted by Gasteiger charge is 2.25. The first kappa shape index (κ1) is 16.3. The summed E-state index contributed by atoms with van der Waals surface area (Å²) in [6.07, 6.45) is -1.05. The molecule has 2 aromatic rings. The van der Waals surface area contributed by atoms with E-state index in [0.29, 0.717) is 11.3 Å². The molecule has 8 nitrogen and oxygen atoms in total. The molecule has 8 heteroatoms. The van der Waals surface area contributed by atoms with E-state index in [1.165, 1.54) is 18.7 Å². The fourth-order valence-corrected chi connectivity index (χ4v) is 2.25. The molecule has 0 aliphatic heterocycles. The van der Waals surface area contributed by atoms with Crippen molar-refractivity contribution in [2.45, 2.75) is 6.92 Å². The lowest BCUT2D eigenvalue weighted by molar-refractivity contribution is 0.0978. The number of hydrogen-bond donors (Lipinski definition) is 1. The van der Waals surface area contributed by atoms with Crippen LogP contribution in [-0.4, -0.2) is 30.3 Å². The summed E-state index contributed by atoms with van der Waals surface area (Å²) in [7, 11) is 2.89. The van der Waals surface area contributed by atoms with E-state index >= 15 is 0 Å². The van der Waals surface area contributed by atoms with Gasteiger partial charge in [0.1, 0.15) is 11.3 Å². The number of carbonyl (C=O) groups excluding carboxylic acids is 2. The van der Waals surface area contributed by atoms with E-state index < -0.39 is 23.2 Å². The number of amides is 1. The number of carbonyl (C=O) groups is 2. The lowest BCUT2D eigenvalue weighted by atomic mass is 10.1. The first-order valence-corrected chi connectivity index (χ1v) is 6.76. The van der Waals surface area contributed by atoms with Gasteiger partial charge in [-0.1, -0.05) is 6.07 Å². The van der Waals surface area contributed by atoms with E-state index in [4.69, 9.17) is 19.9 Å². The molecule has 0 atom stereocenters. The third-order valence-electron chi connectivity index (χ3n) is 3.25. The van der Waals surface area contributed by atoms with Crippen LogP contribution in [0.4, 0.5) is 4.79 Å². The lowest BCUT2D eigenvalue weighted by Gasteiger charge is -2.15. The summed E-state index contributed by atoms with van der Waals surface area (Å²) in [4.78, 5) is 35.8. The van der Waals surface area contributed by atoms with Gasteiger partial charge in [-0.25, -0.2) is 4.79 Å². The molecule has 1 amide bonds. The fraction of sp³-hybridized carbons (Fsp3) is 0.267. The topological polar surface area (TPSA) is 110 Å². The molecule has 1 aromatic heterocycles. The second-order valence-electron chi connectivity index (χ2n) is 4.57. The molecule has 0 bridgehead atoms. The fourth-order valence-electron chi connectivity index (χ4n) is 2.25. The van der Waals surface area contributed by atoms with Crippen LogP contribution in [0.15, 0.2) is 23.0 Å². The number of hydrogen-bond acceptors (Lipinski definition) is 6. The van der Waals surface area contributed by atoms with Crippen LogP contribution >= 0.6 is 0 Å². The Hall–Kier alpha value is -3.03. The van der Waals surface area contributed by atoms with Crippen LogP contribution in [0.1, 0.15) is 17.3 Å². The smallest absolute Gasteiger partial charge is 0.496 e. The van der Waals surface area contributed by atoms with E-state index in [0.717, 1.165) is 0 Å². The van der Waals surface area contributed by atoms with Gasteiger partial charge < -0.3 is 24.5 Å². The Balaban J connectivity index is 2.91. The molecule has 0 spiro atoms. The van der Waals surface area contributed by atoms with Crippen molar-refractivity contribution in [1.29, 1.82) is 0 Å². The summed E-state index contributed by atoms with van der Waals surface area (Å²) in [6, 6.07) is 4.90. The SMILES string of the molecule is CCOC(=O)Oc1c(C(N)=O)c(=O)n(C)c2cccc(OC)c12. The summed E-state index contributed by atoms with van der Waals surface area (Å²) in [5, 5.41) is 0.277. The highest BCUT2D eigenvalue weighted by Crippen LogP contribution is 2.35. The normalized spacial score (nSPS) is 10.4. The van der Waals surface area contributed by atoms with Crippen molar-refractivity contribution in [1.82, 2.24) is 4.57 Å². The molecule has 0 aliphatic rings. The van der Waals surface area contributed by atoms with Crippen molar-refractivity contribution in [2.24, 2.45) is 12.8 Å². The van der Waals surface area contributed by atoms with Crippen LogP contribution in [-0.2, 0) is 11.8 Å². The highest BCUT2D eigenvalue weighted by molar-refractivity contribution is 6.04. The number of nitrogens with zero attached hydrogens (tertiary/aromatic N) is 1. The Morgan fingerprint density at radius 2 is 2.00 bits per heavy atom. The van der Waals surface area contributed by atoms with Crippen molar-refractivity contribution < 1.29 is 23.8 Å². The molecule has 0 unspecified atom stereocenters. The minimum Gasteiger partial charge on any atom is -0.496 e. The molecule has 0 radical (unpaired) electrons. The van der Waals surface area contributed by atoms with Crippen LogP contribution in [0.2, 0.25) is 0 Å². The molecule has 0 saturated heterocycles. The van der Waals surface area contributed by atoms with Crippen molar-refractivity contribution in [2.75, 3.05) is 13.7 Å². The monoisotopic (exact) mass is 320 g/mol. The van der Waals surface area contributed by atoms with Gasteiger partial charge in [0, 0.05) is 7.05 Å². The van der Waals surface area contributed by atoms with E-state index in [-0.39, 0.29) is 17.7 Å². The molecule has 1 aromatic carbocycles. The van der Waals surface area contributed by atoms with Crippen LogP contribution in [0, 0.1) is 0 Å². The van der Waals surface area contributed by atoms with Gasteiger partial charge in [0.2, 0.25) is 0 Å². The largest absolute Gasteiger partial charge is 0.513 e. The van der Waals surface area contributed by atoms with Crippen LogP contribution in [0.25, 0.3) is 10.9 Å². The minimum atomic E-state index is -1.05. The van der Waals surface area contributed by atoms with Crippen molar-refractivity contribution in [3.05, 3.63) is 34.1 Å². The summed E-state index contributed by atoms with van der Waals surface area (Å²) in [5.41, 5.74) is 4.58. The molecular formula is C15H16N2O6. The first-order valence-electron chi connectivity index (χ1n) is 6.76. The zero-order valence-electron chi connectivity index (χ0n) is 12.9. The van der Waals surface area contributed by atoms with Gasteiger partial charge in [0.05, 0.1) is 24.6 Å². The molecule has 1 heterocycles. The van der Waals surface area contributed by atoms with E-state index in [1.54, 1.807) is 25.1 Å². The molecule has 0 fully saturated rings. The quantitative estimate of drug-likeness (QED) is 0.847. The van der Waals surface area contributed by atoms with Crippen LogP contribution in [0.5, 0.6) is 11.5 Å². The Morgan fingerprint density at radius 3 is 2.57 bits per heavy atom. The predicted molar refractivity (Wildman–Crippen MR) is 81.9 cm³/mol. The lowest BCUT2D eigenvalue weighted by Crippen LogP contribution is -2.30. The predicted octanol–water partition coefficient (Wildman–Crippen LogP) is 1.18. The number of benzene rings is 1. The summed E-state index contributed by atoms with van der Waals surface area (Å²) < 4.78 is 16.3. The molecule has 0 saturated carbocycles. The van der Waals surface area contributed by atoms with Gasteiger partial charge in [0.15, 0.2) is 5.75 Å². The third kappa shape index (κ3) is 2.83. The Kier molecular flexibility index (Phi) is 4.54. The number of methoxy groups -OCH3 is 1. The van der Waals surface area contributed by atoms with Gasteiger partial charge in [-0.3, -0.25) is 9.59 Å². The van der Waals surface area contributed by atoms with Gasteiger partial charge in [-0.15, -0.1) is 0 Å². The van der Waals surface area contributed by atoms with E-state index in [9.17, 15) is 14.4 Å². The molecule has 23 heavy (non-hydrogen) atoms. The van der Waals surface area contributed by atoms with Crippen molar-refractivity contribution in [3.8, 4) is 11.5 Å². The van der Waals surface area contributed by atoms with Crippen molar-refractivity contribution >= 4 is 23.0 Å². The standard InChI is InChI=1S/C15H16N2O6/c1-4-22-15(20)23-12-10-8(6-5-7-9(10)21-3)17(2)14(19)11(12)13(16)18/h5-7H,4H2,1-3H3,(H2,16,18). The van der Waals surface area contributed by atoms with Gasteiger partial charge in [0.25, 0.3) is 11.5 Å². The summed E-state index contributed by atoms with van der Waals surface area (Å²) in [5.74, 6) is -0.968. The average molecular weight is 320 g/mol. The molecule has 2 N–H and O–H groups in total. The third-order valence-corrected chi connectivity index (χ3v) is 3.25. The number of nitrogens with two attached hydrogens (primary N) is 1. The Morgan fingerprint density at radius 1 is 1.30 bits per heavy atom. The Bertz CT molecular complexity index is 840.